The number of nitrogens with one attached hydrogen (secondary N) is 1. The molecule has 1 aliphatic rings. The van der Waals surface area contributed by atoms with E-state index < -0.39 is 0 Å². The molecular weight excluding hydrogens is 392 g/mol. The maximum absolute atomic E-state index is 12.8. The Balaban J connectivity index is 1.37. The Morgan fingerprint density at radius 1 is 1.13 bits per heavy atom. The van der Waals surface area contributed by atoms with Gasteiger partial charge in [0, 0.05) is 18.7 Å². The standard InChI is InChI=1S/C23H28N6O2/c1-2-28-22(26-29(23(28)31)16-18-7-4-3-5-8-18)19-10-13-27(14-11-19)17-21(30)25-20-9-6-12-24-15-20/h3-9,12,15,19H,2,10-11,13-14,16-17H2,1H3,(H,25,30). The first-order valence-electron chi connectivity index (χ1n) is 10.8. The quantitative estimate of drug-likeness (QED) is 0.634. The molecule has 0 bridgehead atoms. The topological polar surface area (TPSA) is 85.1 Å². The lowest BCUT2D eigenvalue weighted by Crippen LogP contribution is -2.39. The Kier molecular flexibility index (Phi) is 6.57. The Morgan fingerprint density at radius 2 is 1.90 bits per heavy atom. The fourth-order valence-electron chi connectivity index (χ4n) is 4.11. The van der Waals surface area contributed by atoms with Gasteiger partial charge in [0.15, 0.2) is 0 Å². The van der Waals surface area contributed by atoms with Gasteiger partial charge in [-0.05, 0) is 50.6 Å². The summed E-state index contributed by atoms with van der Waals surface area (Å²) < 4.78 is 3.36. The maximum Gasteiger partial charge on any atom is 0.346 e. The number of carbonyl (C=O) groups excluding carboxylic acids is 1. The molecule has 1 N–H and O–H groups in total. The first kappa shape index (κ1) is 21.0. The molecule has 1 aliphatic heterocycles. The maximum atomic E-state index is 12.8. The van der Waals surface area contributed by atoms with Gasteiger partial charge in [0.1, 0.15) is 5.82 Å². The van der Waals surface area contributed by atoms with Crippen LogP contribution in [-0.2, 0) is 17.9 Å². The van der Waals surface area contributed by atoms with Crippen molar-refractivity contribution in [2.45, 2.75) is 38.8 Å². The van der Waals surface area contributed by atoms with Gasteiger partial charge in [-0.25, -0.2) is 9.48 Å². The fourth-order valence-corrected chi connectivity index (χ4v) is 4.11. The lowest BCUT2D eigenvalue weighted by molar-refractivity contribution is -0.117. The minimum atomic E-state index is -0.0559. The highest BCUT2D eigenvalue weighted by atomic mass is 16.2. The van der Waals surface area contributed by atoms with Gasteiger partial charge in [-0.2, -0.15) is 5.10 Å². The largest absolute Gasteiger partial charge is 0.346 e. The number of likely N-dealkylation sites (tertiary alicyclic amines) is 1. The van der Waals surface area contributed by atoms with Crippen LogP contribution in [0.5, 0.6) is 0 Å². The summed E-state index contributed by atoms with van der Waals surface area (Å²) in [7, 11) is 0. The van der Waals surface area contributed by atoms with Gasteiger partial charge in [0.05, 0.1) is 25.0 Å². The normalized spacial score (nSPS) is 15.1. The van der Waals surface area contributed by atoms with Gasteiger partial charge in [-0.15, -0.1) is 0 Å². The lowest BCUT2D eigenvalue weighted by atomic mass is 9.96. The second-order valence-corrected chi connectivity index (χ2v) is 7.87. The predicted molar refractivity (Wildman–Crippen MR) is 119 cm³/mol. The van der Waals surface area contributed by atoms with Crippen molar-refractivity contribution >= 4 is 11.6 Å². The molecule has 0 unspecified atom stereocenters. The Morgan fingerprint density at radius 3 is 2.58 bits per heavy atom. The summed E-state index contributed by atoms with van der Waals surface area (Å²) in [5.41, 5.74) is 1.71. The van der Waals surface area contributed by atoms with Crippen LogP contribution in [0.4, 0.5) is 5.69 Å². The summed E-state index contributed by atoms with van der Waals surface area (Å²) in [6.45, 7) is 5.02. The average molecular weight is 421 g/mol. The van der Waals surface area contributed by atoms with Crippen LogP contribution in [0, 0.1) is 0 Å². The third-order valence-corrected chi connectivity index (χ3v) is 5.71. The van der Waals surface area contributed by atoms with Crippen molar-refractivity contribution in [2.24, 2.45) is 0 Å². The van der Waals surface area contributed by atoms with Gasteiger partial charge in [0.2, 0.25) is 5.91 Å². The number of hydrogen-bond acceptors (Lipinski definition) is 5. The van der Waals surface area contributed by atoms with Crippen molar-refractivity contribution in [1.82, 2.24) is 24.2 Å². The molecule has 4 rings (SSSR count). The highest BCUT2D eigenvalue weighted by molar-refractivity contribution is 5.92. The zero-order valence-electron chi connectivity index (χ0n) is 17.8. The van der Waals surface area contributed by atoms with E-state index in [1.54, 1.807) is 27.7 Å². The smallest absolute Gasteiger partial charge is 0.324 e. The predicted octanol–water partition coefficient (Wildman–Crippen LogP) is 2.33. The van der Waals surface area contributed by atoms with Gasteiger partial charge in [-0.1, -0.05) is 30.3 Å². The number of carbonyl (C=O) groups is 1. The van der Waals surface area contributed by atoms with Gasteiger partial charge in [-0.3, -0.25) is 19.2 Å². The van der Waals surface area contributed by atoms with Crippen LogP contribution in [0.15, 0.2) is 59.7 Å². The molecule has 1 fully saturated rings. The van der Waals surface area contributed by atoms with Crippen molar-refractivity contribution in [2.75, 3.05) is 25.0 Å². The molecule has 162 valence electrons. The lowest BCUT2D eigenvalue weighted by Gasteiger charge is -2.30. The summed E-state index contributed by atoms with van der Waals surface area (Å²) in [6.07, 6.45) is 5.07. The van der Waals surface area contributed by atoms with Crippen LogP contribution in [0.2, 0.25) is 0 Å². The molecule has 0 aliphatic carbocycles. The molecule has 3 aromatic rings. The van der Waals surface area contributed by atoms with E-state index in [1.165, 1.54) is 0 Å². The summed E-state index contributed by atoms with van der Waals surface area (Å²) >= 11 is 0. The summed E-state index contributed by atoms with van der Waals surface area (Å²) in [5.74, 6) is 1.05. The molecule has 0 saturated carbocycles. The molecule has 31 heavy (non-hydrogen) atoms. The number of anilines is 1. The number of hydrogen-bond donors (Lipinski definition) is 1. The van der Waals surface area contributed by atoms with E-state index in [9.17, 15) is 9.59 Å². The second-order valence-electron chi connectivity index (χ2n) is 7.87. The monoisotopic (exact) mass is 420 g/mol. The highest BCUT2D eigenvalue weighted by Crippen LogP contribution is 2.26. The van der Waals surface area contributed by atoms with Crippen LogP contribution in [0.3, 0.4) is 0 Å². The second kappa shape index (κ2) is 9.70. The van der Waals surface area contributed by atoms with Crippen LogP contribution in [0.1, 0.15) is 37.1 Å². The van der Waals surface area contributed by atoms with E-state index in [0.29, 0.717) is 25.3 Å². The van der Waals surface area contributed by atoms with Crippen LogP contribution < -0.4 is 11.0 Å². The molecule has 0 spiro atoms. The number of benzene rings is 1. The van der Waals surface area contributed by atoms with Crippen molar-refractivity contribution in [3.05, 3.63) is 76.7 Å². The third kappa shape index (κ3) is 5.08. The van der Waals surface area contributed by atoms with E-state index in [1.807, 2.05) is 43.3 Å². The summed E-state index contributed by atoms with van der Waals surface area (Å²) in [5, 5.41) is 7.58. The van der Waals surface area contributed by atoms with Gasteiger partial charge in [0.25, 0.3) is 0 Å². The molecule has 0 atom stereocenters. The molecular formula is C23H28N6O2. The molecule has 2 aromatic heterocycles. The Hall–Kier alpha value is -3.26. The molecule has 1 aromatic carbocycles. The van der Waals surface area contributed by atoms with E-state index in [4.69, 9.17) is 5.10 Å². The van der Waals surface area contributed by atoms with Crippen molar-refractivity contribution in [3.8, 4) is 0 Å². The summed E-state index contributed by atoms with van der Waals surface area (Å²) in [6, 6.07) is 13.5. The van der Waals surface area contributed by atoms with Crippen LogP contribution in [0.25, 0.3) is 0 Å². The van der Waals surface area contributed by atoms with Crippen LogP contribution in [-0.4, -0.2) is 49.8 Å². The Bertz CT molecular complexity index is 1050. The number of rotatable bonds is 7. The van der Waals surface area contributed by atoms with Crippen molar-refractivity contribution < 1.29 is 4.79 Å². The van der Waals surface area contributed by atoms with E-state index in [0.717, 1.165) is 37.3 Å². The average Bonchev–Trinajstić information content (AvgIpc) is 3.10. The number of nitrogens with zero attached hydrogens (tertiary/aromatic N) is 5. The molecule has 3 heterocycles. The number of aromatic nitrogens is 4. The molecule has 0 radical (unpaired) electrons. The molecule has 1 amide bonds. The number of pyridine rings is 1. The minimum Gasteiger partial charge on any atom is -0.324 e. The third-order valence-electron chi connectivity index (χ3n) is 5.71. The Labute approximate surface area is 181 Å². The highest BCUT2D eigenvalue weighted by Gasteiger charge is 2.27. The molecule has 1 saturated heterocycles. The van der Waals surface area contributed by atoms with Crippen molar-refractivity contribution in [1.29, 1.82) is 0 Å². The van der Waals surface area contributed by atoms with Crippen LogP contribution >= 0.6 is 0 Å². The zero-order chi connectivity index (χ0) is 21.6. The van der Waals surface area contributed by atoms with Gasteiger partial charge >= 0.3 is 5.69 Å². The molecule has 8 heteroatoms. The zero-order valence-corrected chi connectivity index (χ0v) is 17.8. The first-order chi connectivity index (χ1) is 15.1. The van der Waals surface area contributed by atoms with E-state index in [-0.39, 0.29) is 17.5 Å². The minimum absolute atomic E-state index is 0.0379. The van der Waals surface area contributed by atoms with E-state index >= 15 is 0 Å². The SMILES string of the molecule is CCn1c(C2CCN(CC(=O)Nc3cccnc3)CC2)nn(Cc2ccccc2)c1=O. The first-order valence-corrected chi connectivity index (χ1v) is 10.8. The van der Waals surface area contributed by atoms with Crippen molar-refractivity contribution in [3.63, 3.8) is 0 Å². The number of piperidine rings is 1. The van der Waals surface area contributed by atoms with Gasteiger partial charge < -0.3 is 5.32 Å². The summed E-state index contributed by atoms with van der Waals surface area (Å²) in [4.78, 5) is 31.3. The fraction of sp³-hybridized carbons (Fsp3) is 0.391. The van der Waals surface area contributed by atoms with E-state index in [2.05, 4.69) is 15.2 Å². The number of amides is 1. The molecule has 8 nitrogen and oxygen atoms in total.